The maximum atomic E-state index is 8.61. The first kappa shape index (κ1) is 20.0. The minimum atomic E-state index is 0.139. The van der Waals surface area contributed by atoms with Crippen molar-refractivity contribution in [2.45, 2.75) is 6.42 Å². The minimum absolute atomic E-state index is 0.139. The first-order valence-electron chi connectivity index (χ1n) is 6.33. The maximum absolute atomic E-state index is 8.61. The van der Waals surface area contributed by atoms with Crippen LogP contribution >= 0.6 is 0 Å². The Hall–Kier alpha value is -0.280. The summed E-state index contributed by atoms with van der Waals surface area (Å²) in [7, 11) is 0. The number of rotatable bonds is 11. The zero-order chi connectivity index (χ0) is 14.1. The number of nitrogens with one attached hydrogen (secondary N) is 1. The van der Waals surface area contributed by atoms with Crippen LogP contribution in [0.4, 0.5) is 0 Å². The number of hydrogen-bond donors (Lipinski definition) is 6. The quantitative estimate of drug-likeness (QED) is 0.223. The number of aliphatic hydroxyl groups excluding tert-OH is 4. The second kappa shape index (κ2) is 19.1. The number of nitrogens with zero attached hydrogens (tertiary/aromatic N) is 1. The first-order chi connectivity index (χ1) is 8.76. The van der Waals surface area contributed by atoms with Crippen molar-refractivity contribution in [3.8, 4) is 0 Å². The van der Waals surface area contributed by atoms with Crippen molar-refractivity contribution in [1.29, 1.82) is 0 Å². The van der Waals surface area contributed by atoms with E-state index in [2.05, 4.69) is 5.32 Å². The molecule has 7 heteroatoms. The normalized spacial score (nSPS) is 10.3. The van der Waals surface area contributed by atoms with Gasteiger partial charge in [-0.15, -0.1) is 0 Å². The van der Waals surface area contributed by atoms with Gasteiger partial charge in [-0.25, -0.2) is 0 Å². The van der Waals surface area contributed by atoms with Crippen molar-refractivity contribution in [3.63, 3.8) is 0 Å². The van der Waals surface area contributed by atoms with Gasteiger partial charge in [0.1, 0.15) is 0 Å². The van der Waals surface area contributed by atoms with Crippen LogP contribution in [0.2, 0.25) is 0 Å². The molecule has 0 aromatic heterocycles. The molecule has 0 bridgehead atoms. The summed E-state index contributed by atoms with van der Waals surface area (Å²) in [6.07, 6.45) is 0.917. The molecule has 0 unspecified atom stereocenters. The van der Waals surface area contributed by atoms with Crippen molar-refractivity contribution in [2.75, 3.05) is 65.7 Å². The van der Waals surface area contributed by atoms with Crippen LogP contribution < -0.4 is 11.1 Å². The van der Waals surface area contributed by atoms with E-state index in [1.807, 2.05) is 4.90 Å². The van der Waals surface area contributed by atoms with Crippen molar-refractivity contribution in [1.82, 2.24) is 10.2 Å². The monoisotopic (exact) mass is 267 g/mol. The molecule has 0 aliphatic carbocycles. The molecule has 7 N–H and O–H groups in total. The third-order valence-corrected chi connectivity index (χ3v) is 2.09. The number of nitrogens with two attached hydrogens (primary N) is 1. The predicted molar refractivity (Wildman–Crippen MR) is 71.3 cm³/mol. The molecule has 0 aromatic carbocycles. The van der Waals surface area contributed by atoms with E-state index in [1.54, 1.807) is 0 Å². The molecule has 0 aliphatic rings. The highest BCUT2D eigenvalue weighted by Crippen LogP contribution is 1.88. The third-order valence-electron chi connectivity index (χ3n) is 2.09. The highest BCUT2D eigenvalue weighted by molar-refractivity contribution is 4.56. The Morgan fingerprint density at radius 1 is 0.778 bits per heavy atom. The summed E-state index contributed by atoms with van der Waals surface area (Å²) in [4.78, 5) is 1.99. The number of aliphatic hydroxyl groups is 4. The highest BCUT2D eigenvalue weighted by Gasteiger charge is 2.00. The van der Waals surface area contributed by atoms with E-state index in [0.717, 1.165) is 13.0 Å². The summed E-state index contributed by atoms with van der Waals surface area (Å²) in [5.41, 5.74) is 5.32. The van der Waals surface area contributed by atoms with Crippen molar-refractivity contribution >= 4 is 0 Å². The van der Waals surface area contributed by atoms with Crippen LogP contribution in [0.15, 0.2) is 0 Å². The average Bonchev–Trinajstić information content (AvgIpc) is 2.38. The standard InChI is InChI=1S/C7H18N2O2.C4H11NO2/c8-2-1-3-9(4-6-10)5-7-11;6-3-1-5-2-4-7/h10-11H,1-8H2;5-7H,1-4H2. The Balaban J connectivity index is 0. The van der Waals surface area contributed by atoms with E-state index in [-0.39, 0.29) is 26.4 Å². The molecule has 0 saturated carbocycles. The Morgan fingerprint density at radius 3 is 1.61 bits per heavy atom. The predicted octanol–water partition coefficient (Wildman–Crippen LogP) is -2.82. The second-order valence-electron chi connectivity index (χ2n) is 3.63. The molecule has 0 aliphatic heterocycles. The van der Waals surface area contributed by atoms with Gasteiger partial charge in [0.15, 0.2) is 0 Å². The van der Waals surface area contributed by atoms with E-state index in [1.165, 1.54) is 0 Å². The fourth-order valence-corrected chi connectivity index (χ4v) is 1.22. The molecule has 0 heterocycles. The molecule has 0 spiro atoms. The lowest BCUT2D eigenvalue weighted by atomic mass is 10.3. The molecular formula is C11H29N3O4. The van der Waals surface area contributed by atoms with Crippen LogP contribution in [0.1, 0.15) is 6.42 Å². The van der Waals surface area contributed by atoms with Gasteiger partial charge in [0.05, 0.1) is 26.4 Å². The van der Waals surface area contributed by atoms with Gasteiger partial charge in [-0.2, -0.15) is 0 Å². The van der Waals surface area contributed by atoms with Crippen LogP contribution in [-0.2, 0) is 0 Å². The Labute approximate surface area is 109 Å². The van der Waals surface area contributed by atoms with Gasteiger partial charge in [0.25, 0.3) is 0 Å². The zero-order valence-electron chi connectivity index (χ0n) is 11.1. The average molecular weight is 267 g/mol. The van der Waals surface area contributed by atoms with Crippen molar-refractivity contribution in [3.05, 3.63) is 0 Å². The van der Waals surface area contributed by atoms with E-state index in [4.69, 9.17) is 26.2 Å². The summed E-state index contributed by atoms with van der Waals surface area (Å²) in [5.74, 6) is 0. The van der Waals surface area contributed by atoms with E-state index < -0.39 is 0 Å². The lowest BCUT2D eigenvalue weighted by Gasteiger charge is -2.19. The van der Waals surface area contributed by atoms with Crippen molar-refractivity contribution < 1.29 is 20.4 Å². The lowest BCUT2D eigenvalue weighted by molar-refractivity contribution is 0.160. The van der Waals surface area contributed by atoms with Crippen molar-refractivity contribution in [2.24, 2.45) is 5.73 Å². The fourth-order valence-electron chi connectivity index (χ4n) is 1.22. The van der Waals surface area contributed by atoms with E-state index in [9.17, 15) is 0 Å². The second-order valence-corrected chi connectivity index (χ2v) is 3.63. The zero-order valence-corrected chi connectivity index (χ0v) is 11.1. The van der Waals surface area contributed by atoms with Crippen LogP contribution in [0.5, 0.6) is 0 Å². The Kier molecular flexibility index (Phi) is 21.2. The number of hydrogen-bond acceptors (Lipinski definition) is 7. The van der Waals surface area contributed by atoms with Crippen LogP contribution in [-0.4, -0.2) is 91.0 Å². The molecule has 0 amide bonds. The molecule has 0 saturated heterocycles. The molecule has 0 aromatic rings. The van der Waals surface area contributed by atoms with Gasteiger partial charge in [0, 0.05) is 26.2 Å². The largest absolute Gasteiger partial charge is 0.395 e. The van der Waals surface area contributed by atoms with Gasteiger partial charge in [-0.05, 0) is 19.5 Å². The minimum Gasteiger partial charge on any atom is -0.395 e. The summed E-state index contributed by atoms with van der Waals surface area (Å²) < 4.78 is 0. The molecule has 0 rings (SSSR count). The third kappa shape index (κ3) is 18.1. The molecule has 0 radical (unpaired) electrons. The van der Waals surface area contributed by atoms with Gasteiger partial charge in [-0.1, -0.05) is 0 Å². The molecule has 0 fully saturated rings. The van der Waals surface area contributed by atoms with Crippen LogP contribution in [0.25, 0.3) is 0 Å². The SMILES string of the molecule is NCCCN(CCO)CCO.OCCNCCO. The highest BCUT2D eigenvalue weighted by atomic mass is 16.3. The van der Waals surface area contributed by atoms with Gasteiger partial charge < -0.3 is 31.5 Å². The smallest absolute Gasteiger partial charge is 0.0558 e. The summed E-state index contributed by atoms with van der Waals surface area (Å²) in [6, 6.07) is 0. The molecule has 18 heavy (non-hydrogen) atoms. The molecule has 7 nitrogen and oxygen atoms in total. The first-order valence-corrected chi connectivity index (χ1v) is 6.33. The summed E-state index contributed by atoms with van der Waals surface area (Å²) in [5, 5.41) is 36.3. The Bertz CT molecular complexity index is 131. The molecule has 0 atom stereocenters. The van der Waals surface area contributed by atoms with Crippen LogP contribution in [0.3, 0.4) is 0 Å². The summed E-state index contributed by atoms with van der Waals surface area (Å²) >= 11 is 0. The van der Waals surface area contributed by atoms with E-state index >= 15 is 0 Å². The van der Waals surface area contributed by atoms with Crippen LogP contribution in [0, 0.1) is 0 Å². The Morgan fingerprint density at radius 2 is 1.28 bits per heavy atom. The van der Waals surface area contributed by atoms with Gasteiger partial charge >= 0.3 is 0 Å². The topological polar surface area (TPSA) is 122 Å². The van der Waals surface area contributed by atoms with E-state index in [0.29, 0.717) is 32.7 Å². The maximum Gasteiger partial charge on any atom is 0.0558 e. The lowest BCUT2D eigenvalue weighted by Crippen LogP contribution is -2.31. The molecular weight excluding hydrogens is 238 g/mol. The summed E-state index contributed by atoms with van der Waals surface area (Å²) in [6.45, 7) is 4.47. The van der Waals surface area contributed by atoms with Gasteiger partial charge in [0.2, 0.25) is 0 Å². The van der Waals surface area contributed by atoms with Gasteiger partial charge in [-0.3, -0.25) is 4.90 Å². The fraction of sp³-hybridized carbons (Fsp3) is 1.00. The molecule has 112 valence electrons.